The lowest BCUT2D eigenvalue weighted by molar-refractivity contribution is -0.115. The molecule has 6 heteroatoms. The first kappa shape index (κ1) is 11.5. The number of likely N-dealkylation sites (N-methyl/N-ethyl adjacent to an activating group) is 1. The van der Waals surface area contributed by atoms with Crippen molar-refractivity contribution in [1.29, 1.82) is 0 Å². The number of anilines is 3. The van der Waals surface area contributed by atoms with E-state index in [0.717, 1.165) is 16.9 Å². The largest absolute Gasteiger partial charge is 0.399 e. The van der Waals surface area contributed by atoms with Gasteiger partial charge in [0.05, 0.1) is 12.2 Å². The topological polar surface area (TPSA) is 84.1 Å². The summed E-state index contributed by atoms with van der Waals surface area (Å²) < 4.78 is 0. The summed E-state index contributed by atoms with van der Waals surface area (Å²) >= 11 is 0. The van der Waals surface area contributed by atoms with E-state index in [1.165, 1.54) is 6.33 Å². The molecule has 0 bridgehead atoms. The number of hydrogen-bond donors (Lipinski definition) is 2. The van der Waals surface area contributed by atoms with E-state index in [9.17, 15) is 4.79 Å². The predicted molar refractivity (Wildman–Crippen MR) is 73.8 cm³/mol. The molecule has 0 atom stereocenters. The highest BCUT2D eigenvalue weighted by Gasteiger charge is 2.24. The number of benzene rings is 1. The van der Waals surface area contributed by atoms with E-state index in [0.29, 0.717) is 18.1 Å². The Bertz CT molecular complexity index is 638. The number of hydrogen-bond acceptors (Lipinski definition) is 5. The summed E-state index contributed by atoms with van der Waals surface area (Å²) in [7, 11) is 1.85. The molecule has 2 heterocycles. The average molecular weight is 255 g/mol. The number of carbonyl (C=O) groups is 1. The van der Waals surface area contributed by atoms with Gasteiger partial charge in [-0.05, 0) is 12.1 Å². The second kappa shape index (κ2) is 4.24. The van der Waals surface area contributed by atoms with Crippen LogP contribution in [-0.2, 0) is 4.79 Å². The molecular formula is C13H13N5O. The fraction of sp³-hybridized carbons (Fsp3) is 0.154. The first-order valence-corrected chi connectivity index (χ1v) is 5.87. The third-order valence-corrected chi connectivity index (χ3v) is 3.03. The minimum absolute atomic E-state index is 0.0723. The number of rotatable bonds is 1. The zero-order chi connectivity index (χ0) is 13.4. The monoisotopic (exact) mass is 255 g/mol. The van der Waals surface area contributed by atoms with Gasteiger partial charge >= 0.3 is 0 Å². The highest BCUT2D eigenvalue weighted by molar-refractivity contribution is 6.02. The SMILES string of the molecule is CN1CC(=O)Nc2ncnc(-c3ccc(N)cc3)c21. The van der Waals surface area contributed by atoms with E-state index >= 15 is 0 Å². The van der Waals surface area contributed by atoms with Gasteiger partial charge in [0.2, 0.25) is 5.91 Å². The van der Waals surface area contributed by atoms with Crippen molar-refractivity contribution in [3.05, 3.63) is 30.6 Å². The molecule has 0 saturated carbocycles. The maximum Gasteiger partial charge on any atom is 0.245 e. The Morgan fingerprint density at radius 2 is 2.00 bits per heavy atom. The van der Waals surface area contributed by atoms with Gasteiger partial charge in [0.25, 0.3) is 0 Å². The van der Waals surface area contributed by atoms with Crippen LogP contribution in [0.3, 0.4) is 0 Å². The first-order chi connectivity index (χ1) is 9.15. The Balaban J connectivity index is 2.15. The summed E-state index contributed by atoms with van der Waals surface area (Å²) in [5.41, 5.74) is 8.94. The maximum atomic E-state index is 11.5. The fourth-order valence-corrected chi connectivity index (χ4v) is 2.15. The molecule has 3 rings (SSSR count). The Labute approximate surface area is 110 Å². The molecular weight excluding hydrogens is 242 g/mol. The number of nitrogen functional groups attached to an aromatic ring is 1. The van der Waals surface area contributed by atoms with Crippen LogP contribution >= 0.6 is 0 Å². The van der Waals surface area contributed by atoms with Crippen LogP contribution in [0.5, 0.6) is 0 Å². The summed E-state index contributed by atoms with van der Waals surface area (Å²) in [4.78, 5) is 21.8. The van der Waals surface area contributed by atoms with Gasteiger partial charge in [-0.3, -0.25) is 4.79 Å². The number of aromatic nitrogens is 2. The van der Waals surface area contributed by atoms with Crippen LogP contribution < -0.4 is 16.0 Å². The van der Waals surface area contributed by atoms with Crippen LogP contribution in [0.15, 0.2) is 30.6 Å². The number of fused-ring (bicyclic) bond motifs is 1. The molecule has 1 aliphatic rings. The summed E-state index contributed by atoms with van der Waals surface area (Å²) in [6.45, 7) is 0.294. The molecule has 0 saturated heterocycles. The van der Waals surface area contributed by atoms with Crippen molar-refractivity contribution in [2.45, 2.75) is 0 Å². The van der Waals surface area contributed by atoms with Gasteiger partial charge < -0.3 is 16.0 Å². The van der Waals surface area contributed by atoms with Crippen molar-refractivity contribution in [2.24, 2.45) is 0 Å². The van der Waals surface area contributed by atoms with Crippen molar-refractivity contribution in [3.63, 3.8) is 0 Å². The molecule has 96 valence electrons. The highest BCUT2D eigenvalue weighted by Crippen LogP contribution is 2.35. The molecule has 0 aliphatic carbocycles. The van der Waals surface area contributed by atoms with E-state index in [-0.39, 0.29) is 5.91 Å². The lowest BCUT2D eigenvalue weighted by atomic mass is 10.1. The highest BCUT2D eigenvalue weighted by atomic mass is 16.2. The van der Waals surface area contributed by atoms with Crippen LogP contribution in [0.4, 0.5) is 17.2 Å². The Morgan fingerprint density at radius 1 is 1.26 bits per heavy atom. The molecule has 6 nitrogen and oxygen atoms in total. The van der Waals surface area contributed by atoms with E-state index in [2.05, 4.69) is 15.3 Å². The lowest BCUT2D eigenvalue weighted by Crippen LogP contribution is -2.36. The summed E-state index contributed by atoms with van der Waals surface area (Å²) in [5.74, 6) is 0.470. The summed E-state index contributed by atoms with van der Waals surface area (Å²) in [6.07, 6.45) is 1.45. The van der Waals surface area contributed by atoms with Crippen molar-refractivity contribution in [1.82, 2.24) is 9.97 Å². The van der Waals surface area contributed by atoms with Gasteiger partial charge in [0.1, 0.15) is 12.0 Å². The van der Waals surface area contributed by atoms with Gasteiger partial charge in [-0.25, -0.2) is 9.97 Å². The van der Waals surface area contributed by atoms with Crippen LogP contribution in [0.2, 0.25) is 0 Å². The fourth-order valence-electron chi connectivity index (χ4n) is 2.15. The molecule has 1 aliphatic heterocycles. The van der Waals surface area contributed by atoms with Gasteiger partial charge in [-0.1, -0.05) is 12.1 Å². The number of carbonyl (C=O) groups excluding carboxylic acids is 1. The number of amides is 1. The molecule has 2 aromatic rings. The van der Waals surface area contributed by atoms with Gasteiger partial charge in [0.15, 0.2) is 5.82 Å². The first-order valence-electron chi connectivity index (χ1n) is 5.87. The summed E-state index contributed by atoms with van der Waals surface area (Å²) in [6, 6.07) is 7.46. The van der Waals surface area contributed by atoms with Crippen molar-refractivity contribution in [2.75, 3.05) is 29.5 Å². The van der Waals surface area contributed by atoms with Crippen LogP contribution in [-0.4, -0.2) is 29.5 Å². The molecule has 19 heavy (non-hydrogen) atoms. The van der Waals surface area contributed by atoms with Gasteiger partial charge in [-0.15, -0.1) is 0 Å². The Hall–Kier alpha value is -2.63. The van der Waals surface area contributed by atoms with E-state index < -0.39 is 0 Å². The molecule has 1 aromatic carbocycles. The van der Waals surface area contributed by atoms with Crippen molar-refractivity contribution >= 4 is 23.1 Å². The third-order valence-electron chi connectivity index (χ3n) is 3.03. The third kappa shape index (κ3) is 1.97. The number of nitrogens with zero attached hydrogens (tertiary/aromatic N) is 3. The molecule has 0 radical (unpaired) electrons. The van der Waals surface area contributed by atoms with E-state index in [1.54, 1.807) is 0 Å². The van der Waals surface area contributed by atoms with E-state index in [1.807, 2.05) is 36.2 Å². The minimum Gasteiger partial charge on any atom is -0.399 e. The smallest absolute Gasteiger partial charge is 0.245 e. The molecule has 1 amide bonds. The number of nitrogens with one attached hydrogen (secondary N) is 1. The zero-order valence-electron chi connectivity index (χ0n) is 10.4. The molecule has 0 fully saturated rings. The van der Waals surface area contributed by atoms with Crippen molar-refractivity contribution < 1.29 is 4.79 Å². The number of nitrogens with two attached hydrogens (primary N) is 1. The van der Waals surface area contributed by atoms with E-state index in [4.69, 9.17) is 5.73 Å². The van der Waals surface area contributed by atoms with Crippen molar-refractivity contribution in [3.8, 4) is 11.3 Å². The standard InChI is InChI=1S/C13H13N5O/c1-18-6-10(19)17-13-12(18)11(15-7-16-13)8-2-4-9(14)5-3-8/h2-5,7H,6,14H2,1H3,(H,15,16,17,19). The second-order valence-corrected chi connectivity index (χ2v) is 4.45. The molecule has 0 unspecified atom stereocenters. The normalized spacial score (nSPS) is 13.9. The van der Waals surface area contributed by atoms with Crippen LogP contribution in [0.25, 0.3) is 11.3 Å². The Morgan fingerprint density at radius 3 is 2.74 bits per heavy atom. The van der Waals surface area contributed by atoms with Crippen LogP contribution in [0.1, 0.15) is 0 Å². The van der Waals surface area contributed by atoms with Crippen LogP contribution in [0, 0.1) is 0 Å². The van der Waals surface area contributed by atoms with Gasteiger partial charge in [-0.2, -0.15) is 0 Å². The van der Waals surface area contributed by atoms with Gasteiger partial charge in [0, 0.05) is 18.3 Å². The zero-order valence-corrected chi connectivity index (χ0v) is 10.4. The Kier molecular flexibility index (Phi) is 2.56. The summed E-state index contributed by atoms with van der Waals surface area (Å²) in [5, 5.41) is 2.76. The minimum atomic E-state index is -0.0723. The second-order valence-electron chi connectivity index (χ2n) is 4.45. The average Bonchev–Trinajstić information content (AvgIpc) is 2.38. The quantitative estimate of drug-likeness (QED) is 0.746. The maximum absolute atomic E-state index is 11.5. The predicted octanol–water partition coefficient (Wildman–Crippen LogP) is 1.11. The molecule has 3 N–H and O–H groups in total. The molecule has 0 spiro atoms. The molecule has 1 aromatic heterocycles. The lowest BCUT2D eigenvalue weighted by Gasteiger charge is -2.27.